The van der Waals surface area contributed by atoms with Crippen molar-refractivity contribution < 1.29 is 0 Å². The lowest BCUT2D eigenvalue weighted by molar-refractivity contribution is 0.411. The summed E-state index contributed by atoms with van der Waals surface area (Å²) in [5.74, 6) is 0. The molecule has 3 heteroatoms. The Morgan fingerprint density at radius 2 is 2.36 bits per heavy atom. The van der Waals surface area contributed by atoms with E-state index >= 15 is 0 Å². The summed E-state index contributed by atoms with van der Waals surface area (Å²) in [7, 11) is 0. The Bertz CT molecular complexity index is 331. The molecule has 14 heavy (non-hydrogen) atoms. The zero-order chi connectivity index (χ0) is 9.80. The maximum atomic E-state index is 8.61. The zero-order valence-electron chi connectivity index (χ0n) is 8.03. The molecule has 0 spiro atoms. The number of piperidine rings is 1. The van der Waals surface area contributed by atoms with Crippen LogP contribution >= 0.6 is 0 Å². The second kappa shape index (κ2) is 4.21. The minimum atomic E-state index is 0.434. The van der Waals surface area contributed by atoms with Crippen molar-refractivity contribution in [3.63, 3.8) is 0 Å². The topological polar surface area (TPSA) is 48.7 Å². The first-order chi connectivity index (χ1) is 6.90. The quantitative estimate of drug-likeness (QED) is 0.728. The predicted molar refractivity (Wildman–Crippen MR) is 53.5 cm³/mol. The molecule has 1 aromatic rings. The molecule has 1 unspecified atom stereocenters. The van der Waals surface area contributed by atoms with Crippen molar-refractivity contribution in [2.24, 2.45) is 0 Å². The summed E-state index contributed by atoms with van der Waals surface area (Å²) in [6, 6.07) is 6.24. The number of nitriles is 1. The van der Waals surface area contributed by atoms with Crippen LogP contribution in [-0.2, 0) is 0 Å². The summed E-state index contributed by atoms with van der Waals surface area (Å²) in [6.45, 7) is 1.09. The molecular weight excluding hydrogens is 174 g/mol. The van der Waals surface area contributed by atoms with E-state index in [1.807, 2.05) is 18.3 Å². The van der Waals surface area contributed by atoms with Crippen molar-refractivity contribution in [3.8, 4) is 6.07 Å². The van der Waals surface area contributed by atoms with Gasteiger partial charge in [0.25, 0.3) is 0 Å². The van der Waals surface area contributed by atoms with Crippen molar-refractivity contribution in [1.29, 1.82) is 5.26 Å². The maximum absolute atomic E-state index is 8.61. The molecular formula is C11H13N3. The predicted octanol–water partition coefficient (Wildman–Crippen LogP) is 1.77. The smallest absolute Gasteiger partial charge is 0.140 e. The fraction of sp³-hybridized carbons (Fsp3) is 0.455. The van der Waals surface area contributed by atoms with E-state index in [0.717, 1.165) is 6.54 Å². The Labute approximate surface area is 83.8 Å². The molecule has 0 radical (unpaired) electrons. The third-order valence-electron chi connectivity index (χ3n) is 2.61. The minimum Gasteiger partial charge on any atom is -0.310 e. The highest BCUT2D eigenvalue weighted by Crippen LogP contribution is 2.21. The van der Waals surface area contributed by atoms with Gasteiger partial charge < -0.3 is 5.32 Å². The van der Waals surface area contributed by atoms with Gasteiger partial charge in [-0.2, -0.15) is 5.26 Å². The van der Waals surface area contributed by atoms with E-state index < -0.39 is 0 Å². The van der Waals surface area contributed by atoms with E-state index in [4.69, 9.17) is 5.26 Å². The molecule has 1 saturated heterocycles. The minimum absolute atomic E-state index is 0.434. The fourth-order valence-electron chi connectivity index (χ4n) is 1.81. The molecule has 0 saturated carbocycles. The Morgan fingerprint density at radius 3 is 2.93 bits per heavy atom. The van der Waals surface area contributed by atoms with Crippen LogP contribution in [0, 0.1) is 11.3 Å². The average molecular weight is 187 g/mol. The van der Waals surface area contributed by atoms with Gasteiger partial charge in [0.2, 0.25) is 0 Å². The molecule has 1 aliphatic rings. The first-order valence-electron chi connectivity index (χ1n) is 4.99. The molecule has 72 valence electrons. The molecule has 0 aliphatic carbocycles. The van der Waals surface area contributed by atoms with Crippen LogP contribution in [0.5, 0.6) is 0 Å². The highest BCUT2D eigenvalue weighted by Gasteiger charge is 2.14. The van der Waals surface area contributed by atoms with Crippen molar-refractivity contribution >= 4 is 0 Å². The molecule has 0 bridgehead atoms. The van der Waals surface area contributed by atoms with Crippen LogP contribution in [0.2, 0.25) is 0 Å². The van der Waals surface area contributed by atoms with Gasteiger partial charge in [0.15, 0.2) is 0 Å². The molecule has 1 N–H and O–H groups in total. The van der Waals surface area contributed by atoms with E-state index in [-0.39, 0.29) is 0 Å². The summed E-state index contributed by atoms with van der Waals surface area (Å²) in [5.41, 5.74) is 1.69. The Morgan fingerprint density at radius 1 is 1.43 bits per heavy atom. The van der Waals surface area contributed by atoms with Crippen LogP contribution in [0.4, 0.5) is 0 Å². The second-order valence-corrected chi connectivity index (χ2v) is 3.59. The lowest BCUT2D eigenvalue weighted by atomic mass is 9.99. The third kappa shape index (κ3) is 1.91. The lowest BCUT2D eigenvalue weighted by Gasteiger charge is -2.23. The summed E-state index contributed by atoms with van der Waals surface area (Å²) >= 11 is 0. The van der Waals surface area contributed by atoms with Crippen molar-refractivity contribution in [2.75, 3.05) is 6.54 Å². The van der Waals surface area contributed by atoms with Gasteiger partial charge in [-0.3, -0.25) is 0 Å². The van der Waals surface area contributed by atoms with Crippen molar-refractivity contribution in [2.45, 2.75) is 25.3 Å². The number of hydrogen-bond acceptors (Lipinski definition) is 3. The van der Waals surface area contributed by atoms with E-state index in [1.54, 1.807) is 6.07 Å². The van der Waals surface area contributed by atoms with E-state index in [2.05, 4.69) is 10.3 Å². The normalized spacial score (nSPS) is 21.5. The molecule has 2 rings (SSSR count). The molecule has 1 aliphatic heterocycles. The number of rotatable bonds is 1. The van der Waals surface area contributed by atoms with Gasteiger partial charge in [-0.05, 0) is 31.0 Å². The summed E-state index contributed by atoms with van der Waals surface area (Å²) in [4.78, 5) is 4.07. The van der Waals surface area contributed by atoms with Gasteiger partial charge in [0.05, 0.1) is 0 Å². The SMILES string of the molecule is N#Cc1ccc(C2CCCCN2)cn1. The van der Waals surface area contributed by atoms with Crippen LogP contribution < -0.4 is 5.32 Å². The van der Waals surface area contributed by atoms with Crippen LogP contribution in [0.3, 0.4) is 0 Å². The number of nitrogens with zero attached hydrogens (tertiary/aromatic N) is 2. The Kier molecular flexibility index (Phi) is 2.76. The van der Waals surface area contributed by atoms with Crippen molar-refractivity contribution in [1.82, 2.24) is 10.3 Å². The lowest BCUT2D eigenvalue weighted by Crippen LogP contribution is -2.26. The van der Waals surface area contributed by atoms with Gasteiger partial charge in [-0.15, -0.1) is 0 Å². The molecule has 0 amide bonds. The standard InChI is InChI=1S/C11H13N3/c12-7-10-5-4-9(8-14-10)11-3-1-2-6-13-11/h4-5,8,11,13H,1-3,6H2. The average Bonchev–Trinajstić information content (AvgIpc) is 2.30. The molecule has 0 aromatic carbocycles. The molecule has 1 fully saturated rings. The zero-order valence-corrected chi connectivity index (χ0v) is 8.03. The number of nitrogens with one attached hydrogen (secondary N) is 1. The Hall–Kier alpha value is -1.40. The van der Waals surface area contributed by atoms with Crippen LogP contribution in [-0.4, -0.2) is 11.5 Å². The fourth-order valence-corrected chi connectivity index (χ4v) is 1.81. The van der Waals surface area contributed by atoms with Crippen molar-refractivity contribution in [3.05, 3.63) is 29.6 Å². The van der Waals surface area contributed by atoms with Gasteiger partial charge in [-0.1, -0.05) is 12.5 Å². The van der Waals surface area contributed by atoms with E-state index in [0.29, 0.717) is 11.7 Å². The molecule has 3 nitrogen and oxygen atoms in total. The van der Waals surface area contributed by atoms with E-state index in [9.17, 15) is 0 Å². The molecule has 1 aromatic heterocycles. The number of pyridine rings is 1. The molecule has 1 atom stereocenters. The maximum Gasteiger partial charge on any atom is 0.140 e. The number of hydrogen-bond donors (Lipinski definition) is 1. The summed E-state index contributed by atoms with van der Waals surface area (Å²) in [5, 5.41) is 12.1. The van der Waals surface area contributed by atoms with Gasteiger partial charge in [-0.25, -0.2) is 4.98 Å². The van der Waals surface area contributed by atoms with Crippen LogP contribution in [0.1, 0.15) is 36.6 Å². The summed E-state index contributed by atoms with van der Waals surface area (Å²) in [6.07, 6.45) is 5.52. The highest BCUT2D eigenvalue weighted by atomic mass is 14.9. The highest BCUT2D eigenvalue weighted by molar-refractivity contribution is 5.25. The Balaban J connectivity index is 2.12. The van der Waals surface area contributed by atoms with Gasteiger partial charge >= 0.3 is 0 Å². The van der Waals surface area contributed by atoms with Crippen LogP contribution in [0.15, 0.2) is 18.3 Å². The number of aromatic nitrogens is 1. The van der Waals surface area contributed by atoms with Gasteiger partial charge in [0, 0.05) is 12.2 Å². The van der Waals surface area contributed by atoms with Crippen LogP contribution in [0.25, 0.3) is 0 Å². The largest absolute Gasteiger partial charge is 0.310 e. The third-order valence-corrected chi connectivity index (χ3v) is 2.61. The first kappa shape index (κ1) is 9.17. The first-order valence-corrected chi connectivity index (χ1v) is 4.99. The summed E-state index contributed by atoms with van der Waals surface area (Å²) < 4.78 is 0. The molecule has 2 heterocycles. The monoisotopic (exact) mass is 187 g/mol. The van der Waals surface area contributed by atoms with Gasteiger partial charge in [0.1, 0.15) is 11.8 Å². The second-order valence-electron chi connectivity index (χ2n) is 3.59. The van der Waals surface area contributed by atoms with E-state index in [1.165, 1.54) is 24.8 Å².